The summed E-state index contributed by atoms with van der Waals surface area (Å²) in [6, 6.07) is 5.01. The van der Waals surface area contributed by atoms with Crippen LogP contribution in [0, 0.1) is 5.82 Å². The molecule has 0 spiro atoms. The average molecular weight is 386 g/mol. The fraction of sp³-hybridized carbons (Fsp3) is 0.421. The van der Waals surface area contributed by atoms with E-state index in [0.717, 1.165) is 24.4 Å². The number of piperazine rings is 1. The molecule has 28 heavy (non-hydrogen) atoms. The molecule has 1 aliphatic rings. The largest absolute Gasteiger partial charge is 0.497 e. The van der Waals surface area contributed by atoms with Crippen molar-refractivity contribution >= 4 is 17.0 Å². The third kappa shape index (κ3) is 3.63. The summed E-state index contributed by atoms with van der Waals surface area (Å²) in [6.07, 6.45) is 3.72. The quantitative estimate of drug-likeness (QED) is 0.665. The van der Waals surface area contributed by atoms with Gasteiger partial charge in [0.2, 0.25) is 0 Å². The van der Waals surface area contributed by atoms with Gasteiger partial charge in [-0.2, -0.15) is 0 Å². The number of H-pyrrole nitrogens is 1. The minimum atomic E-state index is -0.278. The first-order valence-corrected chi connectivity index (χ1v) is 9.26. The third-order valence-electron chi connectivity index (χ3n) is 5.20. The second-order valence-electron chi connectivity index (χ2n) is 6.84. The zero-order valence-corrected chi connectivity index (χ0v) is 15.7. The van der Waals surface area contributed by atoms with E-state index in [9.17, 15) is 9.50 Å². The average Bonchev–Trinajstić information content (AvgIpc) is 3.19. The van der Waals surface area contributed by atoms with Gasteiger partial charge < -0.3 is 19.7 Å². The monoisotopic (exact) mass is 386 g/mol. The summed E-state index contributed by atoms with van der Waals surface area (Å²) in [7, 11) is 1.52. The van der Waals surface area contributed by atoms with Gasteiger partial charge in [0, 0.05) is 50.5 Å². The molecule has 9 heteroatoms. The number of benzene rings is 1. The van der Waals surface area contributed by atoms with Gasteiger partial charge in [-0.3, -0.25) is 4.90 Å². The molecule has 1 fully saturated rings. The van der Waals surface area contributed by atoms with Gasteiger partial charge in [0.05, 0.1) is 13.4 Å². The van der Waals surface area contributed by atoms with Crippen molar-refractivity contribution in [2.24, 2.45) is 0 Å². The number of aliphatic hydroxyl groups excluding tert-OH is 1. The molecule has 1 aromatic carbocycles. The maximum absolute atomic E-state index is 14.4. The number of imidazole rings is 1. The number of rotatable bonds is 6. The van der Waals surface area contributed by atoms with Crippen molar-refractivity contribution in [1.29, 1.82) is 0 Å². The van der Waals surface area contributed by atoms with Crippen molar-refractivity contribution in [3.05, 3.63) is 42.2 Å². The molecule has 0 radical (unpaired) electrons. The van der Waals surface area contributed by atoms with Crippen molar-refractivity contribution in [2.45, 2.75) is 19.0 Å². The topological polar surface area (TPSA) is 90.4 Å². The van der Waals surface area contributed by atoms with Crippen LogP contribution in [0.5, 0.6) is 5.75 Å². The smallest absolute Gasteiger partial charge is 0.182 e. The lowest BCUT2D eigenvalue weighted by atomic mass is 10.1. The van der Waals surface area contributed by atoms with Gasteiger partial charge in [0.1, 0.15) is 23.4 Å². The molecule has 2 aromatic heterocycles. The number of nitrogens with zero attached hydrogens (tertiary/aromatic N) is 5. The molecule has 4 rings (SSSR count). The fourth-order valence-electron chi connectivity index (χ4n) is 3.71. The van der Waals surface area contributed by atoms with E-state index in [1.54, 1.807) is 18.5 Å². The Morgan fingerprint density at radius 2 is 2.18 bits per heavy atom. The van der Waals surface area contributed by atoms with Crippen molar-refractivity contribution in [1.82, 2.24) is 24.8 Å². The van der Waals surface area contributed by atoms with Gasteiger partial charge >= 0.3 is 0 Å². The van der Waals surface area contributed by atoms with Crippen LogP contribution in [0.25, 0.3) is 11.2 Å². The van der Waals surface area contributed by atoms with Gasteiger partial charge in [-0.1, -0.05) is 6.07 Å². The maximum Gasteiger partial charge on any atom is 0.182 e. The molecule has 0 aliphatic carbocycles. The molecule has 2 N–H and O–H groups in total. The zero-order valence-electron chi connectivity index (χ0n) is 15.7. The maximum atomic E-state index is 14.4. The number of aliphatic hydroxyl groups is 1. The number of hydrogen-bond donors (Lipinski definition) is 2. The molecule has 148 valence electrons. The highest BCUT2D eigenvalue weighted by Crippen LogP contribution is 2.26. The molecular weight excluding hydrogens is 363 g/mol. The van der Waals surface area contributed by atoms with Gasteiger partial charge in [0.15, 0.2) is 11.5 Å². The lowest BCUT2D eigenvalue weighted by molar-refractivity contribution is 0.134. The summed E-state index contributed by atoms with van der Waals surface area (Å²) in [4.78, 5) is 20.3. The van der Waals surface area contributed by atoms with Gasteiger partial charge in [-0.05, 0) is 12.5 Å². The predicted octanol–water partition coefficient (Wildman–Crippen LogP) is 1.57. The molecule has 0 saturated carbocycles. The van der Waals surface area contributed by atoms with Crippen LogP contribution in [0.4, 0.5) is 10.2 Å². The van der Waals surface area contributed by atoms with E-state index in [1.807, 2.05) is 0 Å². The lowest BCUT2D eigenvalue weighted by Gasteiger charge is -2.42. The van der Waals surface area contributed by atoms with Gasteiger partial charge in [0.25, 0.3) is 0 Å². The summed E-state index contributed by atoms with van der Waals surface area (Å²) in [6.45, 7) is 2.71. The zero-order chi connectivity index (χ0) is 19.5. The molecule has 3 aromatic rings. The molecule has 1 atom stereocenters. The number of ether oxygens (including phenoxy) is 1. The van der Waals surface area contributed by atoms with Crippen molar-refractivity contribution in [2.75, 3.05) is 38.3 Å². The highest BCUT2D eigenvalue weighted by atomic mass is 19.1. The SMILES string of the molecule is COc1ccc(CN2CCN(c3ncnc4nc[nH]c34)C[C@@H]2CCO)c(F)c1. The molecule has 1 aliphatic heterocycles. The number of fused-ring (bicyclic) bond motifs is 1. The van der Waals surface area contributed by atoms with E-state index in [2.05, 4.69) is 29.7 Å². The first kappa shape index (κ1) is 18.6. The summed E-state index contributed by atoms with van der Waals surface area (Å²) in [5.74, 6) is 1.03. The summed E-state index contributed by atoms with van der Waals surface area (Å²) in [5, 5.41) is 9.54. The first-order chi connectivity index (χ1) is 13.7. The van der Waals surface area contributed by atoms with Crippen molar-refractivity contribution in [3.8, 4) is 5.75 Å². The number of aromatic nitrogens is 4. The Bertz CT molecular complexity index is 949. The molecule has 0 unspecified atom stereocenters. The second-order valence-corrected chi connectivity index (χ2v) is 6.84. The van der Waals surface area contributed by atoms with E-state index in [1.165, 1.54) is 19.5 Å². The summed E-state index contributed by atoms with van der Waals surface area (Å²) < 4.78 is 19.5. The van der Waals surface area contributed by atoms with Crippen LogP contribution in [-0.4, -0.2) is 69.3 Å². The molecule has 0 bridgehead atoms. The Kier molecular flexibility index (Phi) is 5.36. The van der Waals surface area contributed by atoms with Crippen LogP contribution >= 0.6 is 0 Å². The van der Waals surface area contributed by atoms with Crippen LogP contribution in [-0.2, 0) is 6.54 Å². The number of halogens is 1. The molecular formula is C19H23FN6O2. The molecule has 3 heterocycles. The predicted molar refractivity (Wildman–Crippen MR) is 103 cm³/mol. The van der Waals surface area contributed by atoms with Crippen LogP contribution in [0.2, 0.25) is 0 Å². The second kappa shape index (κ2) is 8.07. The number of nitrogens with one attached hydrogen (secondary N) is 1. The number of aromatic amines is 1. The van der Waals surface area contributed by atoms with Crippen LogP contribution in [0.1, 0.15) is 12.0 Å². The lowest BCUT2D eigenvalue weighted by Crippen LogP contribution is -2.53. The van der Waals surface area contributed by atoms with Gasteiger partial charge in [-0.25, -0.2) is 19.3 Å². The normalized spacial score (nSPS) is 18.0. The summed E-state index contributed by atoms with van der Waals surface area (Å²) in [5.41, 5.74) is 2.06. The molecule has 1 saturated heterocycles. The minimum Gasteiger partial charge on any atom is -0.497 e. The minimum absolute atomic E-state index is 0.0728. The Balaban J connectivity index is 1.53. The van der Waals surface area contributed by atoms with E-state index in [0.29, 0.717) is 36.5 Å². The molecule has 8 nitrogen and oxygen atoms in total. The summed E-state index contributed by atoms with van der Waals surface area (Å²) >= 11 is 0. The van der Waals surface area contributed by atoms with Crippen molar-refractivity contribution < 1.29 is 14.2 Å². The van der Waals surface area contributed by atoms with E-state index < -0.39 is 0 Å². The van der Waals surface area contributed by atoms with Crippen LogP contribution in [0.15, 0.2) is 30.9 Å². The Hall–Kier alpha value is -2.78. The first-order valence-electron chi connectivity index (χ1n) is 9.26. The van der Waals surface area contributed by atoms with Crippen LogP contribution in [0.3, 0.4) is 0 Å². The highest BCUT2D eigenvalue weighted by Gasteiger charge is 2.29. The number of anilines is 1. The Morgan fingerprint density at radius 3 is 2.96 bits per heavy atom. The standard InChI is InChI=1S/C19H23FN6O2/c1-28-15-3-2-13(16(20)8-15)9-25-5-6-26(10-14(25)4-7-27)19-17-18(22-11-21-17)23-12-24-19/h2-3,8,11-12,14,27H,4-7,9-10H2,1H3,(H,21,22,23,24)/t14-/m0/s1. The fourth-order valence-corrected chi connectivity index (χ4v) is 3.71. The third-order valence-corrected chi connectivity index (χ3v) is 5.20. The number of methoxy groups -OCH3 is 1. The number of hydrogen-bond acceptors (Lipinski definition) is 7. The van der Waals surface area contributed by atoms with Gasteiger partial charge in [-0.15, -0.1) is 0 Å². The Morgan fingerprint density at radius 1 is 1.29 bits per heavy atom. The van der Waals surface area contributed by atoms with E-state index in [-0.39, 0.29) is 18.5 Å². The molecule has 0 amide bonds. The van der Waals surface area contributed by atoms with Crippen LogP contribution < -0.4 is 9.64 Å². The van der Waals surface area contributed by atoms with E-state index >= 15 is 0 Å². The highest BCUT2D eigenvalue weighted by molar-refractivity contribution is 5.82. The Labute approximate surface area is 162 Å². The van der Waals surface area contributed by atoms with Crippen molar-refractivity contribution in [3.63, 3.8) is 0 Å². The van der Waals surface area contributed by atoms with E-state index in [4.69, 9.17) is 4.74 Å².